The summed E-state index contributed by atoms with van der Waals surface area (Å²) < 4.78 is 2.33. The zero-order chi connectivity index (χ0) is 27.6. The Morgan fingerprint density at radius 2 is 0.923 bits per heavy atom. The van der Waals surface area contributed by atoms with Gasteiger partial charge in [0.2, 0.25) is 6.04 Å². The molecule has 5 aromatic rings. The van der Waals surface area contributed by atoms with Crippen molar-refractivity contribution < 1.29 is 4.57 Å². The number of hydrogen-bond donors (Lipinski definition) is 0. The fourth-order valence-electron chi connectivity index (χ4n) is 4.77. The van der Waals surface area contributed by atoms with Crippen LogP contribution in [0, 0.1) is 0 Å². The first kappa shape index (κ1) is 26.5. The number of benzene rings is 2. The van der Waals surface area contributed by atoms with E-state index in [1.807, 2.05) is 12.1 Å². The molecule has 0 amide bonds. The van der Waals surface area contributed by atoms with Gasteiger partial charge in [-0.1, -0.05) is 114 Å². The van der Waals surface area contributed by atoms with Crippen molar-refractivity contribution in [1.29, 1.82) is 0 Å². The summed E-state index contributed by atoms with van der Waals surface area (Å²) in [6, 6.07) is 35.6. The summed E-state index contributed by atoms with van der Waals surface area (Å²) >= 11 is 0. The van der Waals surface area contributed by atoms with Crippen LogP contribution in [0.4, 0.5) is 0 Å². The van der Waals surface area contributed by atoms with Crippen LogP contribution in [0.25, 0.3) is 22.5 Å². The first-order chi connectivity index (χ1) is 18.6. The van der Waals surface area contributed by atoms with Crippen molar-refractivity contribution in [1.82, 2.24) is 9.97 Å². The van der Waals surface area contributed by atoms with Crippen molar-refractivity contribution in [3.63, 3.8) is 0 Å². The van der Waals surface area contributed by atoms with Gasteiger partial charge in [-0.2, -0.15) is 4.57 Å². The molecule has 39 heavy (non-hydrogen) atoms. The molecule has 0 aliphatic heterocycles. The molecule has 2 aromatic carbocycles. The molecular formula is C36H38N3+. The zero-order valence-corrected chi connectivity index (χ0v) is 23.9. The van der Waals surface area contributed by atoms with Gasteiger partial charge in [-0.3, -0.25) is 0 Å². The highest BCUT2D eigenvalue weighted by molar-refractivity contribution is 5.60. The molecule has 5 rings (SSSR count). The van der Waals surface area contributed by atoms with Crippen LogP contribution in [0.3, 0.4) is 0 Å². The summed E-state index contributed by atoms with van der Waals surface area (Å²) in [5.74, 6) is 0. The maximum absolute atomic E-state index is 5.22. The second kappa shape index (κ2) is 10.6. The summed E-state index contributed by atoms with van der Waals surface area (Å²) in [6.45, 7) is 13.6. The van der Waals surface area contributed by atoms with E-state index in [4.69, 9.17) is 9.97 Å². The maximum atomic E-state index is 5.22. The van der Waals surface area contributed by atoms with Crippen molar-refractivity contribution in [2.24, 2.45) is 0 Å². The third kappa shape index (κ3) is 5.98. The Bertz CT molecular complexity index is 1440. The average Bonchev–Trinajstić information content (AvgIpc) is 2.93. The van der Waals surface area contributed by atoms with Crippen LogP contribution in [0.2, 0.25) is 0 Å². The first-order valence-electron chi connectivity index (χ1n) is 13.7. The molecule has 0 spiro atoms. The Morgan fingerprint density at radius 1 is 0.513 bits per heavy atom. The maximum Gasteiger partial charge on any atom is 0.242 e. The van der Waals surface area contributed by atoms with Crippen LogP contribution in [-0.4, -0.2) is 9.97 Å². The smallest absolute Gasteiger partial charge is 0.242 e. The molecule has 0 bridgehead atoms. The summed E-state index contributed by atoms with van der Waals surface area (Å²) in [5, 5.41) is 0. The van der Waals surface area contributed by atoms with E-state index in [0.717, 1.165) is 33.9 Å². The second-order valence-electron chi connectivity index (χ2n) is 12.3. The molecule has 0 aliphatic rings. The molecule has 0 N–H and O–H groups in total. The van der Waals surface area contributed by atoms with Crippen LogP contribution >= 0.6 is 0 Å². The average molecular weight is 513 g/mol. The van der Waals surface area contributed by atoms with Gasteiger partial charge in [-0.25, -0.2) is 9.97 Å². The fourth-order valence-corrected chi connectivity index (χ4v) is 4.77. The molecule has 3 aromatic heterocycles. The van der Waals surface area contributed by atoms with E-state index in [-0.39, 0.29) is 16.9 Å². The zero-order valence-electron chi connectivity index (χ0n) is 23.9. The first-order valence-corrected chi connectivity index (χ1v) is 13.7. The van der Waals surface area contributed by atoms with E-state index in [0.29, 0.717) is 0 Å². The molecule has 0 saturated carbocycles. The minimum Gasteiger partial charge on any atom is -0.245 e. The Balaban J connectivity index is 1.75. The number of rotatable bonds is 5. The predicted molar refractivity (Wildman–Crippen MR) is 161 cm³/mol. The number of aromatic nitrogens is 3. The summed E-state index contributed by atoms with van der Waals surface area (Å²) in [5.41, 5.74) is 8.62. The lowest BCUT2D eigenvalue weighted by Gasteiger charge is -2.24. The van der Waals surface area contributed by atoms with E-state index in [9.17, 15) is 0 Å². The molecule has 0 saturated heterocycles. The number of nitrogens with zero attached hydrogens (tertiary/aromatic N) is 3. The summed E-state index contributed by atoms with van der Waals surface area (Å²) in [6.07, 6.45) is 4.57. The Labute approximate surface area is 233 Å². The lowest BCUT2D eigenvalue weighted by atomic mass is 9.82. The molecule has 196 valence electrons. The molecule has 0 unspecified atom stereocenters. The molecule has 3 heterocycles. The third-order valence-electron chi connectivity index (χ3n) is 7.16. The van der Waals surface area contributed by atoms with Gasteiger partial charge in [-0.05, 0) is 41.2 Å². The standard InChI is InChI=1S/C36H38N3/c1-35(2,3)28-23-29(36(4,5)6)25-39(24-28)34(32-21-13-19-30(37-32)26-15-9-7-10-16-26)33-22-14-20-31(38-33)27-17-11-8-12-18-27/h7-25,34H,1-6H3/q+1. The highest BCUT2D eigenvalue weighted by Gasteiger charge is 2.32. The Hall–Kier alpha value is -4.11. The van der Waals surface area contributed by atoms with Crippen molar-refractivity contribution >= 4 is 0 Å². The normalized spacial score (nSPS) is 12.1. The molecule has 3 nitrogen and oxygen atoms in total. The van der Waals surface area contributed by atoms with E-state index in [2.05, 4.69) is 149 Å². The Kier molecular flexibility index (Phi) is 7.18. The highest BCUT2D eigenvalue weighted by Crippen LogP contribution is 2.30. The van der Waals surface area contributed by atoms with Crippen molar-refractivity contribution in [2.45, 2.75) is 58.4 Å². The quantitative estimate of drug-likeness (QED) is 0.222. The minimum absolute atomic E-state index is 0.00775. The largest absolute Gasteiger partial charge is 0.245 e. The van der Waals surface area contributed by atoms with Gasteiger partial charge in [0.05, 0.1) is 11.4 Å². The third-order valence-corrected chi connectivity index (χ3v) is 7.16. The molecule has 0 radical (unpaired) electrons. The van der Waals surface area contributed by atoms with E-state index < -0.39 is 0 Å². The van der Waals surface area contributed by atoms with Gasteiger partial charge >= 0.3 is 0 Å². The van der Waals surface area contributed by atoms with Gasteiger partial charge in [0, 0.05) is 22.3 Å². The van der Waals surface area contributed by atoms with Crippen LogP contribution in [0.15, 0.2) is 116 Å². The van der Waals surface area contributed by atoms with Gasteiger partial charge in [0.15, 0.2) is 12.4 Å². The van der Waals surface area contributed by atoms with Crippen molar-refractivity contribution in [2.75, 3.05) is 0 Å². The van der Waals surface area contributed by atoms with Gasteiger partial charge < -0.3 is 0 Å². The van der Waals surface area contributed by atoms with E-state index >= 15 is 0 Å². The molecule has 0 atom stereocenters. The monoisotopic (exact) mass is 512 g/mol. The SMILES string of the molecule is CC(C)(C)c1cc(C(C)(C)C)c[n+](C(c2cccc(-c3ccccc3)n2)c2cccc(-c3ccccc3)n2)c1. The lowest BCUT2D eigenvalue weighted by Crippen LogP contribution is -2.44. The van der Waals surface area contributed by atoms with Crippen LogP contribution < -0.4 is 4.57 Å². The summed E-state index contributed by atoms with van der Waals surface area (Å²) in [4.78, 5) is 10.4. The van der Waals surface area contributed by atoms with Crippen LogP contribution in [0.5, 0.6) is 0 Å². The van der Waals surface area contributed by atoms with Gasteiger partial charge in [0.1, 0.15) is 11.4 Å². The van der Waals surface area contributed by atoms with Crippen LogP contribution in [-0.2, 0) is 10.8 Å². The van der Waals surface area contributed by atoms with Gasteiger partial charge in [0.25, 0.3) is 0 Å². The van der Waals surface area contributed by atoms with Crippen LogP contribution in [0.1, 0.15) is 70.1 Å². The fraction of sp³-hybridized carbons (Fsp3) is 0.250. The van der Waals surface area contributed by atoms with Gasteiger partial charge in [-0.15, -0.1) is 0 Å². The number of hydrogen-bond acceptors (Lipinski definition) is 2. The second-order valence-corrected chi connectivity index (χ2v) is 12.3. The van der Waals surface area contributed by atoms with Crippen molar-refractivity contribution in [3.8, 4) is 22.5 Å². The molecular weight excluding hydrogens is 474 g/mol. The predicted octanol–water partition coefficient (Wildman–Crippen LogP) is 8.33. The molecule has 0 fully saturated rings. The van der Waals surface area contributed by atoms with Crippen molar-refractivity contribution in [3.05, 3.63) is 138 Å². The molecule has 3 heteroatoms. The number of pyridine rings is 3. The minimum atomic E-state index is -0.194. The molecule has 0 aliphatic carbocycles. The topological polar surface area (TPSA) is 29.7 Å². The highest BCUT2D eigenvalue weighted by atomic mass is 15.0. The van der Waals surface area contributed by atoms with E-state index in [1.165, 1.54) is 11.1 Å². The summed E-state index contributed by atoms with van der Waals surface area (Å²) in [7, 11) is 0. The van der Waals surface area contributed by atoms with E-state index in [1.54, 1.807) is 0 Å². The Morgan fingerprint density at radius 3 is 1.31 bits per heavy atom. The lowest BCUT2D eigenvalue weighted by molar-refractivity contribution is -0.706.